The van der Waals surface area contributed by atoms with Gasteiger partial charge >= 0.3 is 0 Å². The first-order valence-corrected chi connectivity index (χ1v) is 6.90. The van der Waals surface area contributed by atoms with E-state index in [2.05, 4.69) is 26.6 Å². The van der Waals surface area contributed by atoms with E-state index < -0.39 is 6.10 Å². The van der Waals surface area contributed by atoms with Gasteiger partial charge in [-0.1, -0.05) is 12.1 Å². The molecule has 19 heavy (non-hydrogen) atoms. The molecule has 1 atom stereocenters. The molecule has 0 aromatic heterocycles. The highest BCUT2D eigenvalue weighted by Crippen LogP contribution is 2.20. The summed E-state index contributed by atoms with van der Waals surface area (Å²) in [5, 5.41) is 5.29. The lowest BCUT2D eigenvalue weighted by Gasteiger charge is -2.11. The van der Waals surface area contributed by atoms with Gasteiger partial charge < -0.3 is 15.4 Å². The predicted octanol–water partition coefficient (Wildman–Crippen LogP) is 1.68. The van der Waals surface area contributed by atoms with E-state index in [1.807, 2.05) is 18.2 Å². The van der Waals surface area contributed by atoms with Gasteiger partial charge in [0.2, 0.25) is 11.8 Å². The molecule has 1 aliphatic rings. The SMILES string of the molecule is O=C(CNC(=O)C1CCCO1)Nc1ccccc1Br. The first-order chi connectivity index (χ1) is 9.16. The Morgan fingerprint density at radius 1 is 1.37 bits per heavy atom. The van der Waals surface area contributed by atoms with E-state index in [4.69, 9.17) is 4.74 Å². The van der Waals surface area contributed by atoms with Gasteiger partial charge in [0.25, 0.3) is 0 Å². The van der Waals surface area contributed by atoms with Gasteiger partial charge in [-0.05, 0) is 40.9 Å². The molecule has 0 bridgehead atoms. The molecule has 102 valence electrons. The van der Waals surface area contributed by atoms with Crippen molar-refractivity contribution in [2.75, 3.05) is 18.5 Å². The lowest BCUT2D eigenvalue weighted by Crippen LogP contribution is -2.39. The third-order valence-corrected chi connectivity index (χ3v) is 3.48. The molecule has 1 unspecified atom stereocenters. The first-order valence-electron chi connectivity index (χ1n) is 6.10. The highest BCUT2D eigenvalue weighted by atomic mass is 79.9. The van der Waals surface area contributed by atoms with E-state index in [1.165, 1.54) is 0 Å². The van der Waals surface area contributed by atoms with Gasteiger partial charge in [-0.25, -0.2) is 0 Å². The van der Waals surface area contributed by atoms with Crippen molar-refractivity contribution < 1.29 is 14.3 Å². The van der Waals surface area contributed by atoms with E-state index in [1.54, 1.807) is 6.07 Å². The van der Waals surface area contributed by atoms with Crippen LogP contribution in [0.5, 0.6) is 0 Å². The number of anilines is 1. The molecule has 2 amide bonds. The highest BCUT2D eigenvalue weighted by Gasteiger charge is 2.23. The molecule has 5 nitrogen and oxygen atoms in total. The number of carbonyl (C=O) groups is 2. The predicted molar refractivity (Wildman–Crippen MR) is 74.8 cm³/mol. The fourth-order valence-corrected chi connectivity index (χ4v) is 2.21. The Kier molecular flexibility index (Phi) is 4.93. The van der Waals surface area contributed by atoms with Gasteiger partial charge in [0.05, 0.1) is 12.2 Å². The monoisotopic (exact) mass is 326 g/mol. The van der Waals surface area contributed by atoms with Crippen LogP contribution in [0.1, 0.15) is 12.8 Å². The van der Waals surface area contributed by atoms with E-state index in [-0.39, 0.29) is 18.4 Å². The van der Waals surface area contributed by atoms with Crippen molar-refractivity contribution in [3.63, 3.8) is 0 Å². The highest BCUT2D eigenvalue weighted by molar-refractivity contribution is 9.10. The Labute approximate surface area is 119 Å². The molecule has 1 fully saturated rings. The molecule has 2 rings (SSSR count). The molecular weight excluding hydrogens is 312 g/mol. The summed E-state index contributed by atoms with van der Waals surface area (Å²) in [5.74, 6) is -0.488. The lowest BCUT2D eigenvalue weighted by molar-refractivity contribution is -0.131. The first kappa shape index (κ1) is 14.0. The summed E-state index contributed by atoms with van der Waals surface area (Å²) in [6, 6.07) is 7.30. The maximum absolute atomic E-state index is 11.7. The summed E-state index contributed by atoms with van der Waals surface area (Å²) in [6.07, 6.45) is 1.20. The Morgan fingerprint density at radius 3 is 2.84 bits per heavy atom. The molecule has 1 aliphatic heterocycles. The van der Waals surface area contributed by atoms with Crippen LogP contribution in [-0.2, 0) is 14.3 Å². The van der Waals surface area contributed by atoms with Crippen LogP contribution < -0.4 is 10.6 Å². The standard InChI is InChI=1S/C13H15BrN2O3/c14-9-4-1-2-5-10(9)16-12(17)8-15-13(18)11-6-3-7-19-11/h1-2,4-5,11H,3,6-8H2,(H,15,18)(H,16,17). The quantitative estimate of drug-likeness (QED) is 0.884. The number of hydrogen-bond donors (Lipinski definition) is 2. The second kappa shape index (κ2) is 6.68. The summed E-state index contributed by atoms with van der Waals surface area (Å²) in [4.78, 5) is 23.3. The largest absolute Gasteiger partial charge is 0.368 e. The zero-order valence-electron chi connectivity index (χ0n) is 10.3. The molecule has 2 N–H and O–H groups in total. The third kappa shape index (κ3) is 4.04. The smallest absolute Gasteiger partial charge is 0.249 e. The zero-order valence-corrected chi connectivity index (χ0v) is 11.9. The van der Waals surface area contributed by atoms with E-state index >= 15 is 0 Å². The van der Waals surface area contributed by atoms with Crippen molar-refractivity contribution in [3.8, 4) is 0 Å². The summed E-state index contributed by atoms with van der Waals surface area (Å²) < 4.78 is 6.03. The lowest BCUT2D eigenvalue weighted by atomic mass is 10.2. The summed E-state index contributed by atoms with van der Waals surface area (Å²) in [5.41, 5.74) is 0.680. The molecule has 0 saturated carbocycles. The minimum absolute atomic E-state index is 0.0555. The Morgan fingerprint density at radius 2 is 2.16 bits per heavy atom. The minimum Gasteiger partial charge on any atom is -0.368 e. The molecule has 0 radical (unpaired) electrons. The van der Waals surface area contributed by atoms with Gasteiger partial charge in [0.1, 0.15) is 6.10 Å². The third-order valence-electron chi connectivity index (χ3n) is 2.79. The van der Waals surface area contributed by atoms with Gasteiger partial charge in [0, 0.05) is 11.1 Å². The van der Waals surface area contributed by atoms with Crippen LogP contribution in [0.4, 0.5) is 5.69 Å². The van der Waals surface area contributed by atoms with E-state index in [0.29, 0.717) is 12.3 Å². The van der Waals surface area contributed by atoms with Crippen molar-refractivity contribution in [1.29, 1.82) is 0 Å². The number of carbonyl (C=O) groups excluding carboxylic acids is 2. The Hall–Kier alpha value is -1.40. The fraction of sp³-hybridized carbons (Fsp3) is 0.385. The average molecular weight is 327 g/mol. The molecular formula is C13H15BrN2O3. The Bertz CT molecular complexity index is 473. The maximum Gasteiger partial charge on any atom is 0.249 e. The van der Waals surface area contributed by atoms with Crippen LogP contribution in [0.25, 0.3) is 0 Å². The minimum atomic E-state index is -0.406. The second-order valence-electron chi connectivity index (χ2n) is 4.25. The van der Waals surface area contributed by atoms with E-state index in [9.17, 15) is 9.59 Å². The number of para-hydroxylation sites is 1. The molecule has 6 heteroatoms. The maximum atomic E-state index is 11.7. The number of benzene rings is 1. The summed E-state index contributed by atoms with van der Waals surface area (Å²) >= 11 is 3.34. The van der Waals surface area contributed by atoms with Crippen LogP contribution >= 0.6 is 15.9 Å². The molecule has 1 saturated heterocycles. The van der Waals surface area contributed by atoms with Crippen molar-refractivity contribution in [2.45, 2.75) is 18.9 Å². The Balaban J connectivity index is 1.78. The summed E-state index contributed by atoms with van der Waals surface area (Å²) in [7, 11) is 0. The van der Waals surface area contributed by atoms with Crippen molar-refractivity contribution >= 4 is 33.4 Å². The van der Waals surface area contributed by atoms with E-state index in [0.717, 1.165) is 17.3 Å². The number of hydrogen-bond acceptors (Lipinski definition) is 3. The zero-order chi connectivity index (χ0) is 13.7. The van der Waals surface area contributed by atoms with Gasteiger partial charge in [-0.2, -0.15) is 0 Å². The molecule has 1 aromatic rings. The number of halogens is 1. The van der Waals surface area contributed by atoms with Gasteiger partial charge in [-0.15, -0.1) is 0 Å². The average Bonchev–Trinajstić information content (AvgIpc) is 2.93. The summed E-state index contributed by atoms with van der Waals surface area (Å²) in [6.45, 7) is 0.557. The second-order valence-corrected chi connectivity index (χ2v) is 5.10. The molecule has 1 heterocycles. The van der Waals surface area contributed by atoms with Crippen LogP contribution in [0.2, 0.25) is 0 Å². The van der Waals surface area contributed by atoms with Crippen molar-refractivity contribution in [3.05, 3.63) is 28.7 Å². The normalized spacial score (nSPS) is 18.1. The molecule has 0 spiro atoms. The van der Waals surface area contributed by atoms with Crippen LogP contribution in [-0.4, -0.2) is 31.1 Å². The topological polar surface area (TPSA) is 67.4 Å². The number of amides is 2. The number of rotatable bonds is 4. The fourth-order valence-electron chi connectivity index (χ4n) is 1.82. The van der Waals surface area contributed by atoms with Crippen LogP contribution in [0.15, 0.2) is 28.7 Å². The van der Waals surface area contributed by atoms with Crippen molar-refractivity contribution in [2.24, 2.45) is 0 Å². The van der Waals surface area contributed by atoms with Crippen LogP contribution in [0.3, 0.4) is 0 Å². The van der Waals surface area contributed by atoms with Crippen molar-refractivity contribution in [1.82, 2.24) is 5.32 Å². The van der Waals surface area contributed by atoms with Gasteiger partial charge in [0.15, 0.2) is 0 Å². The number of nitrogens with one attached hydrogen (secondary N) is 2. The molecule has 1 aromatic carbocycles. The number of ether oxygens (including phenoxy) is 1. The van der Waals surface area contributed by atoms with Gasteiger partial charge in [-0.3, -0.25) is 9.59 Å². The molecule has 0 aliphatic carbocycles. The van der Waals surface area contributed by atoms with Crippen LogP contribution in [0, 0.1) is 0 Å².